The van der Waals surface area contributed by atoms with Gasteiger partial charge in [0.2, 0.25) is 6.79 Å². The highest BCUT2D eigenvalue weighted by Gasteiger charge is 2.26. The van der Waals surface area contributed by atoms with Crippen LogP contribution in [0.4, 0.5) is 4.39 Å². The van der Waals surface area contributed by atoms with Gasteiger partial charge in [0, 0.05) is 18.0 Å². The van der Waals surface area contributed by atoms with Crippen LogP contribution < -0.4 is 9.47 Å². The van der Waals surface area contributed by atoms with Crippen LogP contribution in [0.1, 0.15) is 48.8 Å². The van der Waals surface area contributed by atoms with Gasteiger partial charge in [-0.1, -0.05) is 38.0 Å². The third-order valence-electron chi connectivity index (χ3n) is 4.95. The molecule has 2 aliphatic rings. The number of allylic oxidation sites excluding steroid dienone is 1. The lowest BCUT2D eigenvalue weighted by Crippen LogP contribution is -2.16. The van der Waals surface area contributed by atoms with E-state index in [1.54, 1.807) is 12.1 Å². The lowest BCUT2D eigenvalue weighted by atomic mass is 9.85. The van der Waals surface area contributed by atoms with Gasteiger partial charge in [0.1, 0.15) is 5.82 Å². The zero-order chi connectivity index (χ0) is 17.9. The minimum Gasteiger partial charge on any atom is -0.454 e. The van der Waals surface area contributed by atoms with E-state index in [0.717, 1.165) is 41.3 Å². The minimum absolute atomic E-state index is 0. The number of unbranched alkanes of at least 4 members (excludes halogenated alkanes) is 1. The normalized spacial score (nSPS) is 17.4. The highest BCUT2D eigenvalue weighted by atomic mass is 35.5. The zero-order valence-electron chi connectivity index (χ0n) is 15.3. The van der Waals surface area contributed by atoms with Crippen molar-refractivity contribution in [3.63, 3.8) is 0 Å². The summed E-state index contributed by atoms with van der Waals surface area (Å²) in [6.45, 7) is 3.27. The number of halogens is 2. The number of nitrogens with zero attached hydrogens (tertiary/aromatic N) is 1. The number of ether oxygens (including phenoxy) is 2. The Morgan fingerprint density at radius 3 is 2.59 bits per heavy atom. The van der Waals surface area contributed by atoms with Gasteiger partial charge < -0.3 is 9.47 Å². The highest BCUT2D eigenvalue weighted by molar-refractivity contribution is 6.12. The zero-order valence-corrected chi connectivity index (χ0v) is 16.1. The second kappa shape index (κ2) is 8.57. The molecule has 0 N–H and O–H groups in total. The average molecular weight is 388 g/mol. The smallest absolute Gasteiger partial charge is 0.231 e. The van der Waals surface area contributed by atoms with Gasteiger partial charge in [0.05, 0.1) is 5.71 Å². The fraction of sp³-hybridized carbons (Fsp3) is 0.318. The summed E-state index contributed by atoms with van der Waals surface area (Å²) < 4.78 is 24.2. The van der Waals surface area contributed by atoms with Crippen LogP contribution in [0.3, 0.4) is 0 Å². The number of hydrogen-bond acceptors (Lipinski definition) is 3. The van der Waals surface area contributed by atoms with Crippen molar-refractivity contribution < 1.29 is 13.9 Å². The fourth-order valence-electron chi connectivity index (χ4n) is 3.50. The van der Waals surface area contributed by atoms with Crippen molar-refractivity contribution in [2.75, 3.05) is 13.3 Å². The first-order chi connectivity index (χ1) is 12.7. The molecule has 2 aromatic carbocycles. The van der Waals surface area contributed by atoms with E-state index in [-0.39, 0.29) is 25.0 Å². The van der Waals surface area contributed by atoms with Crippen molar-refractivity contribution >= 4 is 24.2 Å². The van der Waals surface area contributed by atoms with Crippen LogP contribution in [0.5, 0.6) is 11.5 Å². The summed E-state index contributed by atoms with van der Waals surface area (Å²) in [5.74, 6) is 1.80. The van der Waals surface area contributed by atoms with Crippen molar-refractivity contribution in [1.29, 1.82) is 0 Å². The summed E-state index contributed by atoms with van der Waals surface area (Å²) in [5, 5.41) is 0. The molecule has 0 aromatic heterocycles. The van der Waals surface area contributed by atoms with Gasteiger partial charge >= 0.3 is 0 Å². The molecule has 27 heavy (non-hydrogen) atoms. The van der Waals surface area contributed by atoms with Crippen LogP contribution in [0.15, 0.2) is 47.5 Å². The quantitative estimate of drug-likeness (QED) is 0.652. The van der Waals surface area contributed by atoms with Crippen molar-refractivity contribution in [1.82, 2.24) is 0 Å². The highest BCUT2D eigenvalue weighted by Crippen LogP contribution is 2.40. The monoisotopic (exact) mass is 387 g/mol. The first-order valence-electron chi connectivity index (χ1n) is 9.16. The topological polar surface area (TPSA) is 30.8 Å². The molecular formula is C22H23ClFNO2. The molecule has 0 saturated heterocycles. The SMILES string of the molecule is CCCCC1CN=C(C=Cc2ccc(F)cc2)c2cc3c(cc21)OCO3.Cl. The standard InChI is InChI=1S/C22H22FNO2.ClH/c1-2-3-4-16-13-24-20(10-7-15-5-8-17(23)9-6-15)19-12-22-21(11-18(16)19)25-14-26-22;/h5-12,16H,2-4,13-14H2,1H3;1H. The van der Waals surface area contributed by atoms with Crippen LogP contribution in [0, 0.1) is 5.82 Å². The summed E-state index contributed by atoms with van der Waals surface area (Å²) in [7, 11) is 0. The maximum absolute atomic E-state index is 13.1. The Bertz CT molecular complexity index is 861. The lowest BCUT2D eigenvalue weighted by molar-refractivity contribution is 0.174. The van der Waals surface area contributed by atoms with Gasteiger partial charge in [0.25, 0.3) is 0 Å². The van der Waals surface area contributed by atoms with Crippen molar-refractivity contribution in [3.8, 4) is 11.5 Å². The summed E-state index contributed by atoms with van der Waals surface area (Å²) in [5.41, 5.74) is 4.29. The molecule has 3 nitrogen and oxygen atoms in total. The fourth-order valence-corrected chi connectivity index (χ4v) is 3.50. The number of benzene rings is 2. The minimum atomic E-state index is -0.228. The van der Waals surface area contributed by atoms with Crippen molar-refractivity contribution in [2.45, 2.75) is 32.1 Å². The molecule has 142 valence electrons. The van der Waals surface area contributed by atoms with E-state index < -0.39 is 0 Å². The first kappa shape index (κ1) is 19.4. The molecule has 4 rings (SSSR count). The summed E-state index contributed by atoms with van der Waals surface area (Å²) in [6.07, 6.45) is 7.47. The lowest BCUT2D eigenvalue weighted by Gasteiger charge is -2.24. The molecule has 0 saturated carbocycles. The molecule has 0 radical (unpaired) electrons. The second-order valence-corrected chi connectivity index (χ2v) is 6.74. The maximum Gasteiger partial charge on any atom is 0.231 e. The second-order valence-electron chi connectivity index (χ2n) is 6.74. The number of rotatable bonds is 5. The predicted octanol–water partition coefficient (Wildman–Crippen LogP) is 5.77. The number of fused-ring (bicyclic) bond motifs is 2. The van der Waals surface area contributed by atoms with Crippen LogP contribution >= 0.6 is 12.4 Å². The van der Waals surface area contributed by atoms with E-state index in [4.69, 9.17) is 14.5 Å². The van der Waals surface area contributed by atoms with Crippen LogP contribution in [0.25, 0.3) is 6.08 Å². The van der Waals surface area contributed by atoms with Crippen LogP contribution in [-0.2, 0) is 0 Å². The Morgan fingerprint density at radius 1 is 1.11 bits per heavy atom. The third-order valence-corrected chi connectivity index (χ3v) is 4.95. The van der Waals surface area contributed by atoms with E-state index >= 15 is 0 Å². The molecule has 1 unspecified atom stereocenters. The van der Waals surface area contributed by atoms with Gasteiger partial charge in [-0.15, -0.1) is 12.4 Å². The Labute approximate surface area is 165 Å². The molecule has 2 aromatic rings. The molecule has 2 aliphatic heterocycles. The Hall–Kier alpha value is -2.33. The van der Waals surface area contributed by atoms with E-state index in [0.29, 0.717) is 5.92 Å². The molecule has 0 amide bonds. The predicted molar refractivity (Wildman–Crippen MR) is 109 cm³/mol. The molecule has 1 atom stereocenters. The summed E-state index contributed by atoms with van der Waals surface area (Å²) in [4.78, 5) is 4.82. The maximum atomic E-state index is 13.1. The van der Waals surface area contributed by atoms with Crippen molar-refractivity contribution in [2.24, 2.45) is 4.99 Å². The van der Waals surface area contributed by atoms with E-state index in [2.05, 4.69) is 13.0 Å². The van der Waals surface area contributed by atoms with Crippen LogP contribution in [-0.4, -0.2) is 19.0 Å². The van der Waals surface area contributed by atoms with Crippen molar-refractivity contribution in [3.05, 3.63) is 65.0 Å². The third kappa shape index (κ3) is 4.16. The Morgan fingerprint density at radius 2 is 1.85 bits per heavy atom. The molecule has 5 heteroatoms. The summed E-state index contributed by atoms with van der Waals surface area (Å²) >= 11 is 0. The Kier molecular flexibility index (Phi) is 6.17. The van der Waals surface area contributed by atoms with Crippen LogP contribution in [0.2, 0.25) is 0 Å². The molecule has 0 fully saturated rings. The molecule has 2 heterocycles. The van der Waals surface area contributed by atoms with Gasteiger partial charge in [-0.3, -0.25) is 4.99 Å². The largest absolute Gasteiger partial charge is 0.454 e. The van der Waals surface area contributed by atoms with Gasteiger partial charge in [-0.25, -0.2) is 4.39 Å². The molecule has 0 spiro atoms. The first-order valence-corrected chi connectivity index (χ1v) is 9.16. The van der Waals surface area contributed by atoms with E-state index in [1.165, 1.54) is 30.5 Å². The van der Waals surface area contributed by atoms with E-state index in [9.17, 15) is 4.39 Å². The average Bonchev–Trinajstić information content (AvgIpc) is 3.12. The molecular weight excluding hydrogens is 365 g/mol. The van der Waals surface area contributed by atoms with Gasteiger partial charge in [-0.05, 0) is 47.9 Å². The van der Waals surface area contributed by atoms with Gasteiger partial charge in [0.15, 0.2) is 11.5 Å². The molecule has 0 bridgehead atoms. The van der Waals surface area contributed by atoms with E-state index in [1.807, 2.05) is 18.2 Å². The number of aliphatic imine (C=N–C) groups is 1. The Balaban J connectivity index is 0.00000210. The molecule has 0 aliphatic carbocycles. The number of hydrogen-bond donors (Lipinski definition) is 0. The van der Waals surface area contributed by atoms with Gasteiger partial charge in [-0.2, -0.15) is 0 Å². The summed E-state index contributed by atoms with van der Waals surface area (Å²) in [6, 6.07) is 10.6.